The Morgan fingerprint density at radius 2 is 1.73 bits per heavy atom. The van der Waals surface area contributed by atoms with Gasteiger partial charge >= 0.3 is 0 Å². The molecule has 0 N–H and O–H groups in total. The molecule has 0 heterocycles. The van der Waals surface area contributed by atoms with Crippen molar-refractivity contribution in [1.82, 2.24) is 4.31 Å². The summed E-state index contributed by atoms with van der Waals surface area (Å²) in [4.78, 5) is 0. The van der Waals surface area contributed by atoms with Gasteiger partial charge in [-0.05, 0) is 23.8 Å². The summed E-state index contributed by atoms with van der Waals surface area (Å²) in [5, 5.41) is 1.19. The average molecular weight is 290 g/mol. The number of rotatable bonds is 3. The van der Waals surface area contributed by atoms with E-state index in [4.69, 9.17) is 0 Å². The lowest BCUT2D eigenvalue weighted by atomic mass is 10.2. The zero-order valence-corrected chi connectivity index (χ0v) is 10.9. The minimum atomic E-state index is -3.27. The highest BCUT2D eigenvalue weighted by Gasteiger charge is 2.07. The second kappa shape index (κ2) is 4.92. The highest BCUT2D eigenvalue weighted by molar-refractivity contribution is 9.10. The molecule has 0 spiro atoms. The van der Waals surface area contributed by atoms with Gasteiger partial charge in [-0.25, -0.2) is 12.7 Å². The molecule has 0 radical (unpaired) electrons. The highest BCUT2D eigenvalue weighted by Crippen LogP contribution is 2.12. The first kappa shape index (κ1) is 12.4. The van der Waals surface area contributed by atoms with Crippen molar-refractivity contribution in [3.8, 4) is 0 Å². The molecule has 5 heteroatoms. The summed E-state index contributed by atoms with van der Waals surface area (Å²) in [6, 6.07) is 7.40. The van der Waals surface area contributed by atoms with Gasteiger partial charge in [0.05, 0.1) is 0 Å². The lowest BCUT2D eigenvalue weighted by Crippen LogP contribution is -2.19. The van der Waals surface area contributed by atoms with Gasteiger partial charge in [-0.15, -0.1) is 0 Å². The maximum Gasteiger partial charge on any atom is 0.235 e. The molecular formula is C10H12BrNO2S. The third kappa shape index (κ3) is 3.77. The molecule has 0 amide bonds. The first-order valence-corrected chi connectivity index (χ1v) is 6.57. The molecule has 1 rings (SSSR count). The molecule has 82 valence electrons. The van der Waals surface area contributed by atoms with Crippen molar-refractivity contribution in [1.29, 1.82) is 0 Å². The molecule has 0 aliphatic rings. The van der Waals surface area contributed by atoms with E-state index in [2.05, 4.69) is 15.9 Å². The van der Waals surface area contributed by atoms with E-state index < -0.39 is 10.0 Å². The molecule has 0 saturated heterocycles. The predicted molar refractivity (Wildman–Crippen MR) is 65.8 cm³/mol. The van der Waals surface area contributed by atoms with Crippen LogP contribution in [0.5, 0.6) is 0 Å². The van der Waals surface area contributed by atoms with Crippen molar-refractivity contribution in [2.45, 2.75) is 0 Å². The van der Waals surface area contributed by atoms with E-state index in [1.165, 1.54) is 23.8 Å². The van der Waals surface area contributed by atoms with E-state index in [1.807, 2.05) is 24.3 Å². The van der Waals surface area contributed by atoms with Crippen LogP contribution in [0.3, 0.4) is 0 Å². The second-order valence-electron chi connectivity index (χ2n) is 3.18. The van der Waals surface area contributed by atoms with Gasteiger partial charge in [-0.2, -0.15) is 0 Å². The quantitative estimate of drug-likeness (QED) is 0.856. The van der Waals surface area contributed by atoms with Gasteiger partial charge in [0.25, 0.3) is 0 Å². The van der Waals surface area contributed by atoms with E-state index >= 15 is 0 Å². The number of hydrogen-bond acceptors (Lipinski definition) is 2. The van der Waals surface area contributed by atoms with Crippen LogP contribution in [-0.2, 0) is 10.0 Å². The smallest absolute Gasteiger partial charge is 0.208 e. The predicted octanol–water partition coefficient (Wildman–Crippen LogP) is 2.31. The van der Waals surface area contributed by atoms with Crippen LogP contribution in [-0.4, -0.2) is 26.8 Å². The molecule has 3 nitrogen and oxygen atoms in total. The SMILES string of the molecule is CN(C)S(=O)(=O)C=Cc1ccc(Br)cc1. The number of benzene rings is 1. The monoisotopic (exact) mass is 289 g/mol. The van der Waals surface area contributed by atoms with Crippen LogP contribution in [0.1, 0.15) is 5.56 Å². The van der Waals surface area contributed by atoms with Gasteiger partial charge in [0.15, 0.2) is 0 Å². The largest absolute Gasteiger partial charge is 0.235 e. The Labute approximate surface area is 98.6 Å². The average Bonchev–Trinajstić information content (AvgIpc) is 2.17. The third-order valence-corrected chi connectivity index (χ3v) is 3.84. The van der Waals surface area contributed by atoms with E-state index in [-0.39, 0.29) is 0 Å². The highest BCUT2D eigenvalue weighted by atomic mass is 79.9. The fourth-order valence-corrected chi connectivity index (χ4v) is 1.70. The van der Waals surface area contributed by atoms with E-state index in [0.29, 0.717) is 0 Å². The van der Waals surface area contributed by atoms with Crippen LogP contribution in [0.25, 0.3) is 6.08 Å². The van der Waals surface area contributed by atoms with E-state index in [9.17, 15) is 8.42 Å². The molecule has 0 fully saturated rings. The Kier molecular flexibility index (Phi) is 4.07. The maximum atomic E-state index is 11.4. The fourth-order valence-electron chi connectivity index (χ4n) is 0.860. The zero-order valence-electron chi connectivity index (χ0n) is 8.51. The summed E-state index contributed by atoms with van der Waals surface area (Å²) in [5.41, 5.74) is 0.851. The normalized spacial score (nSPS) is 12.5. The maximum absolute atomic E-state index is 11.4. The molecule has 1 aromatic carbocycles. The Balaban J connectivity index is 2.87. The molecule has 0 unspecified atom stereocenters. The van der Waals surface area contributed by atoms with Crippen molar-refractivity contribution in [2.75, 3.05) is 14.1 Å². The fraction of sp³-hybridized carbons (Fsp3) is 0.200. The summed E-state index contributed by atoms with van der Waals surface area (Å²) < 4.78 is 24.9. The number of nitrogens with zero attached hydrogens (tertiary/aromatic N) is 1. The molecule has 0 aromatic heterocycles. The summed E-state index contributed by atoms with van der Waals surface area (Å²) in [5.74, 6) is 0. The lowest BCUT2D eigenvalue weighted by molar-refractivity contribution is 0.531. The summed E-state index contributed by atoms with van der Waals surface area (Å²) in [6.07, 6.45) is 1.57. The molecular weight excluding hydrogens is 278 g/mol. The van der Waals surface area contributed by atoms with E-state index in [1.54, 1.807) is 6.08 Å². The van der Waals surface area contributed by atoms with E-state index in [0.717, 1.165) is 10.0 Å². The van der Waals surface area contributed by atoms with Crippen LogP contribution in [0.2, 0.25) is 0 Å². The summed E-state index contributed by atoms with van der Waals surface area (Å²) in [6.45, 7) is 0. The first-order valence-electron chi connectivity index (χ1n) is 4.28. The topological polar surface area (TPSA) is 37.4 Å². The zero-order chi connectivity index (χ0) is 11.5. The Bertz CT molecular complexity index is 449. The first-order chi connectivity index (χ1) is 6.92. The van der Waals surface area contributed by atoms with Gasteiger partial charge < -0.3 is 0 Å². The Hall–Kier alpha value is -0.650. The number of halogens is 1. The minimum absolute atomic E-state index is 0.851. The van der Waals surface area contributed by atoms with Crippen LogP contribution in [0, 0.1) is 0 Å². The molecule has 0 atom stereocenters. The van der Waals surface area contributed by atoms with Crippen molar-refractivity contribution in [2.24, 2.45) is 0 Å². The molecule has 0 aliphatic carbocycles. The number of sulfonamides is 1. The molecule has 0 bridgehead atoms. The van der Waals surface area contributed by atoms with Gasteiger partial charge in [0, 0.05) is 24.0 Å². The van der Waals surface area contributed by atoms with Gasteiger partial charge in [0.1, 0.15) is 0 Å². The van der Waals surface area contributed by atoms with Crippen molar-refractivity contribution in [3.63, 3.8) is 0 Å². The van der Waals surface area contributed by atoms with Gasteiger partial charge in [-0.3, -0.25) is 0 Å². The van der Waals surface area contributed by atoms with Crippen molar-refractivity contribution < 1.29 is 8.42 Å². The Morgan fingerprint density at radius 3 is 2.20 bits per heavy atom. The van der Waals surface area contributed by atoms with Gasteiger partial charge in [-0.1, -0.05) is 28.1 Å². The standard InChI is InChI=1S/C10H12BrNO2S/c1-12(2)15(13,14)8-7-9-3-5-10(11)6-4-9/h3-8H,1-2H3. The van der Waals surface area contributed by atoms with Crippen LogP contribution in [0.15, 0.2) is 34.1 Å². The molecule has 1 aromatic rings. The lowest BCUT2D eigenvalue weighted by Gasteiger charge is -2.05. The van der Waals surface area contributed by atoms with Crippen LogP contribution < -0.4 is 0 Å². The van der Waals surface area contributed by atoms with Crippen molar-refractivity contribution >= 4 is 32.0 Å². The molecule has 15 heavy (non-hydrogen) atoms. The molecule has 0 aliphatic heterocycles. The summed E-state index contributed by atoms with van der Waals surface area (Å²) >= 11 is 3.31. The van der Waals surface area contributed by atoms with Crippen molar-refractivity contribution in [3.05, 3.63) is 39.7 Å². The third-order valence-electron chi connectivity index (χ3n) is 1.81. The summed E-state index contributed by atoms with van der Waals surface area (Å²) in [7, 11) is -0.263. The second-order valence-corrected chi connectivity index (χ2v) is 6.13. The number of hydrogen-bond donors (Lipinski definition) is 0. The van der Waals surface area contributed by atoms with Gasteiger partial charge in [0.2, 0.25) is 10.0 Å². The minimum Gasteiger partial charge on any atom is -0.208 e. The molecule has 0 saturated carbocycles. The van der Waals surface area contributed by atoms with Crippen LogP contribution in [0.4, 0.5) is 0 Å². The van der Waals surface area contributed by atoms with Crippen LogP contribution >= 0.6 is 15.9 Å². The Morgan fingerprint density at radius 1 is 1.20 bits per heavy atom.